The van der Waals surface area contributed by atoms with E-state index in [0.717, 1.165) is 30.9 Å². The van der Waals surface area contributed by atoms with Crippen LogP contribution in [0.25, 0.3) is 0 Å². The molecule has 1 aliphatic rings. The summed E-state index contributed by atoms with van der Waals surface area (Å²) >= 11 is 0. The fraction of sp³-hybridized carbons (Fsp3) is 0.800. The molecule has 2 rings (SSSR count). The Morgan fingerprint density at radius 3 is 2.64 bits per heavy atom. The van der Waals surface area contributed by atoms with Gasteiger partial charge in [0.15, 0.2) is 5.82 Å². The summed E-state index contributed by atoms with van der Waals surface area (Å²) in [4.78, 5) is 4.46. The van der Waals surface area contributed by atoms with Gasteiger partial charge in [-0.15, -0.1) is 0 Å². The number of nitrogens with zero attached hydrogens (tertiary/aromatic N) is 2. The lowest BCUT2D eigenvalue weighted by Gasteiger charge is -2.23. The highest BCUT2D eigenvalue weighted by Crippen LogP contribution is 2.39. The van der Waals surface area contributed by atoms with Crippen molar-refractivity contribution in [2.45, 2.75) is 44.6 Å². The maximum atomic E-state index is 5.60. The van der Waals surface area contributed by atoms with E-state index in [1.807, 2.05) is 0 Å². The molecule has 0 atom stereocenters. The van der Waals surface area contributed by atoms with Crippen LogP contribution in [0.15, 0.2) is 0 Å². The van der Waals surface area contributed by atoms with E-state index in [1.165, 1.54) is 12.8 Å². The number of aromatic nitrogens is 3. The van der Waals surface area contributed by atoms with E-state index in [1.54, 1.807) is 7.11 Å². The average Bonchev–Trinajstić information content (AvgIpc) is 2.87. The fourth-order valence-corrected chi connectivity index (χ4v) is 2.12. The number of rotatable bonds is 3. The lowest BCUT2D eigenvalue weighted by atomic mass is 10.0. The maximum Gasteiger partial charge on any atom is 0.182 e. The normalized spacial score (nSPS) is 20.1. The Hall–Kier alpha value is -0.900. The lowest BCUT2D eigenvalue weighted by molar-refractivity contribution is -0.0160. The predicted octanol–water partition coefficient (Wildman–Crippen LogP) is 1.78. The molecule has 4 nitrogen and oxygen atoms in total. The molecular weight excluding hydrogens is 178 g/mol. The topological polar surface area (TPSA) is 50.8 Å². The molecule has 1 saturated carbocycles. The number of aromatic amines is 1. The van der Waals surface area contributed by atoms with Crippen molar-refractivity contribution in [3.63, 3.8) is 0 Å². The predicted molar refractivity (Wildman–Crippen MR) is 52.9 cm³/mol. The van der Waals surface area contributed by atoms with E-state index in [4.69, 9.17) is 4.74 Å². The monoisotopic (exact) mass is 195 g/mol. The highest BCUT2D eigenvalue weighted by molar-refractivity contribution is 5.05. The molecule has 1 fully saturated rings. The number of H-pyrrole nitrogens is 1. The third kappa shape index (κ3) is 1.43. The van der Waals surface area contributed by atoms with Gasteiger partial charge in [-0.3, -0.25) is 5.10 Å². The van der Waals surface area contributed by atoms with Crippen LogP contribution < -0.4 is 0 Å². The number of aryl methyl sites for hydroxylation is 1. The average molecular weight is 195 g/mol. The van der Waals surface area contributed by atoms with Crippen LogP contribution in [0.4, 0.5) is 0 Å². The Morgan fingerprint density at radius 2 is 2.14 bits per heavy atom. The van der Waals surface area contributed by atoms with Crippen LogP contribution in [0.3, 0.4) is 0 Å². The molecule has 78 valence electrons. The second kappa shape index (κ2) is 3.69. The van der Waals surface area contributed by atoms with E-state index in [-0.39, 0.29) is 5.60 Å². The van der Waals surface area contributed by atoms with Crippen molar-refractivity contribution >= 4 is 0 Å². The van der Waals surface area contributed by atoms with E-state index in [9.17, 15) is 0 Å². The second-order valence-corrected chi connectivity index (χ2v) is 3.86. The molecule has 1 heterocycles. The molecule has 0 aliphatic heterocycles. The van der Waals surface area contributed by atoms with E-state index < -0.39 is 0 Å². The van der Waals surface area contributed by atoms with Crippen molar-refractivity contribution in [3.8, 4) is 0 Å². The summed E-state index contributed by atoms with van der Waals surface area (Å²) in [6.45, 7) is 2.07. The second-order valence-electron chi connectivity index (χ2n) is 3.86. The summed E-state index contributed by atoms with van der Waals surface area (Å²) in [7, 11) is 1.76. The first-order chi connectivity index (χ1) is 6.80. The molecule has 1 aromatic heterocycles. The summed E-state index contributed by atoms with van der Waals surface area (Å²) in [5.41, 5.74) is -0.204. The summed E-state index contributed by atoms with van der Waals surface area (Å²) in [6.07, 6.45) is 5.41. The van der Waals surface area contributed by atoms with Gasteiger partial charge in [0.1, 0.15) is 11.4 Å². The Morgan fingerprint density at radius 1 is 1.43 bits per heavy atom. The summed E-state index contributed by atoms with van der Waals surface area (Å²) < 4.78 is 5.60. The molecule has 1 N–H and O–H groups in total. The summed E-state index contributed by atoms with van der Waals surface area (Å²) in [5, 5.41) is 7.20. The van der Waals surface area contributed by atoms with Crippen LogP contribution in [0.2, 0.25) is 0 Å². The highest BCUT2D eigenvalue weighted by Gasteiger charge is 2.39. The third-order valence-corrected chi connectivity index (χ3v) is 3.08. The Bertz CT molecular complexity index is 302. The third-order valence-electron chi connectivity index (χ3n) is 3.08. The fourth-order valence-electron chi connectivity index (χ4n) is 2.12. The summed E-state index contributed by atoms with van der Waals surface area (Å²) in [6, 6.07) is 0. The minimum atomic E-state index is -0.204. The standard InChI is InChI=1S/C10H17N3O/c1-3-8-11-9(13-12-8)10(14-2)6-4-5-7-10/h3-7H2,1-2H3,(H,11,12,13). The molecule has 4 heteroatoms. The van der Waals surface area contributed by atoms with Crippen LogP contribution in [-0.4, -0.2) is 22.3 Å². The number of hydrogen-bond donors (Lipinski definition) is 1. The Labute approximate surface area is 84.1 Å². The van der Waals surface area contributed by atoms with E-state index >= 15 is 0 Å². The molecule has 1 aliphatic carbocycles. The molecule has 1 aromatic rings. The molecule has 0 radical (unpaired) electrons. The van der Waals surface area contributed by atoms with Crippen LogP contribution >= 0.6 is 0 Å². The van der Waals surface area contributed by atoms with Gasteiger partial charge in [0.25, 0.3) is 0 Å². The number of hydrogen-bond acceptors (Lipinski definition) is 3. The molecule has 14 heavy (non-hydrogen) atoms. The summed E-state index contributed by atoms with van der Waals surface area (Å²) in [5.74, 6) is 1.79. The molecule has 0 bridgehead atoms. The zero-order valence-electron chi connectivity index (χ0n) is 8.84. The van der Waals surface area contributed by atoms with Gasteiger partial charge < -0.3 is 4.74 Å². The van der Waals surface area contributed by atoms with Crippen molar-refractivity contribution < 1.29 is 4.74 Å². The van der Waals surface area contributed by atoms with Crippen molar-refractivity contribution in [1.29, 1.82) is 0 Å². The molecule has 0 saturated heterocycles. The maximum absolute atomic E-state index is 5.60. The Balaban J connectivity index is 2.26. The van der Waals surface area contributed by atoms with Crippen molar-refractivity contribution in [2.24, 2.45) is 0 Å². The van der Waals surface area contributed by atoms with Crippen molar-refractivity contribution in [1.82, 2.24) is 15.2 Å². The minimum Gasteiger partial charge on any atom is -0.370 e. The van der Waals surface area contributed by atoms with Gasteiger partial charge in [-0.1, -0.05) is 6.92 Å². The number of nitrogens with one attached hydrogen (secondary N) is 1. The first-order valence-corrected chi connectivity index (χ1v) is 5.27. The molecule has 0 spiro atoms. The van der Waals surface area contributed by atoms with Gasteiger partial charge in [0, 0.05) is 13.5 Å². The van der Waals surface area contributed by atoms with Crippen molar-refractivity contribution in [2.75, 3.05) is 7.11 Å². The van der Waals surface area contributed by atoms with E-state index in [0.29, 0.717) is 0 Å². The Kier molecular flexibility index (Phi) is 2.54. The van der Waals surface area contributed by atoms with Crippen molar-refractivity contribution in [3.05, 3.63) is 11.6 Å². The van der Waals surface area contributed by atoms with Crippen LogP contribution in [0.5, 0.6) is 0 Å². The zero-order valence-corrected chi connectivity index (χ0v) is 8.84. The highest BCUT2D eigenvalue weighted by atomic mass is 16.5. The van der Waals surface area contributed by atoms with Gasteiger partial charge in [0.2, 0.25) is 0 Å². The van der Waals surface area contributed by atoms with Crippen LogP contribution in [-0.2, 0) is 16.8 Å². The van der Waals surface area contributed by atoms with Crippen LogP contribution in [0, 0.1) is 0 Å². The quantitative estimate of drug-likeness (QED) is 0.799. The minimum absolute atomic E-state index is 0.204. The smallest absolute Gasteiger partial charge is 0.182 e. The van der Waals surface area contributed by atoms with Gasteiger partial charge in [-0.05, 0) is 25.7 Å². The zero-order chi connectivity index (χ0) is 10.0. The van der Waals surface area contributed by atoms with Gasteiger partial charge in [-0.25, -0.2) is 4.98 Å². The van der Waals surface area contributed by atoms with E-state index in [2.05, 4.69) is 22.1 Å². The van der Waals surface area contributed by atoms with Crippen LogP contribution in [0.1, 0.15) is 44.3 Å². The largest absolute Gasteiger partial charge is 0.370 e. The molecule has 0 amide bonds. The van der Waals surface area contributed by atoms with Gasteiger partial charge >= 0.3 is 0 Å². The first kappa shape index (κ1) is 9.65. The SMILES string of the molecule is CCc1nc(C2(OC)CCCC2)n[nH]1. The number of methoxy groups -OCH3 is 1. The number of ether oxygens (including phenoxy) is 1. The van der Waals surface area contributed by atoms with Gasteiger partial charge in [0.05, 0.1) is 0 Å². The molecule has 0 unspecified atom stereocenters. The first-order valence-electron chi connectivity index (χ1n) is 5.27. The molecular formula is C10H17N3O. The lowest BCUT2D eigenvalue weighted by Crippen LogP contribution is -2.26. The molecule has 0 aromatic carbocycles. The van der Waals surface area contributed by atoms with Gasteiger partial charge in [-0.2, -0.15) is 5.10 Å².